The van der Waals surface area contributed by atoms with Crippen LogP contribution < -0.4 is 9.47 Å². The SMILES string of the molecule is CCO[C@@H]1CC[C@H]2[C@H]1OCCN2Cc1ccc2c(c1)OCO2. The van der Waals surface area contributed by atoms with Gasteiger partial charge in [-0.05, 0) is 37.5 Å². The molecule has 2 fully saturated rings. The molecule has 120 valence electrons. The molecule has 1 aromatic rings. The zero-order valence-corrected chi connectivity index (χ0v) is 13.0. The van der Waals surface area contributed by atoms with E-state index in [1.54, 1.807) is 0 Å². The molecule has 1 aromatic carbocycles. The smallest absolute Gasteiger partial charge is 0.231 e. The zero-order valence-electron chi connectivity index (χ0n) is 13.0. The molecule has 1 saturated carbocycles. The van der Waals surface area contributed by atoms with Gasteiger partial charge in [0.2, 0.25) is 6.79 Å². The second-order valence-corrected chi connectivity index (χ2v) is 6.13. The van der Waals surface area contributed by atoms with Gasteiger partial charge in [0.05, 0.1) is 18.8 Å². The van der Waals surface area contributed by atoms with E-state index in [-0.39, 0.29) is 12.2 Å². The molecule has 0 spiro atoms. The molecule has 22 heavy (non-hydrogen) atoms. The first-order valence-corrected chi connectivity index (χ1v) is 8.21. The third-order valence-electron chi connectivity index (χ3n) is 4.85. The van der Waals surface area contributed by atoms with Gasteiger partial charge < -0.3 is 18.9 Å². The van der Waals surface area contributed by atoms with Gasteiger partial charge in [-0.25, -0.2) is 0 Å². The molecule has 0 N–H and O–H groups in total. The van der Waals surface area contributed by atoms with Gasteiger partial charge in [0.25, 0.3) is 0 Å². The molecule has 3 aliphatic rings. The monoisotopic (exact) mass is 305 g/mol. The van der Waals surface area contributed by atoms with Crippen molar-refractivity contribution in [2.75, 3.05) is 26.6 Å². The molecular weight excluding hydrogens is 282 g/mol. The molecule has 2 heterocycles. The van der Waals surface area contributed by atoms with Crippen molar-refractivity contribution in [3.05, 3.63) is 23.8 Å². The molecule has 3 atom stereocenters. The average molecular weight is 305 g/mol. The van der Waals surface area contributed by atoms with Crippen molar-refractivity contribution in [3.63, 3.8) is 0 Å². The Morgan fingerprint density at radius 2 is 2.14 bits per heavy atom. The molecule has 2 aliphatic heterocycles. The summed E-state index contributed by atoms with van der Waals surface area (Å²) < 4.78 is 22.7. The van der Waals surface area contributed by atoms with Gasteiger partial charge >= 0.3 is 0 Å². The summed E-state index contributed by atoms with van der Waals surface area (Å²) in [4.78, 5) is 2.53. The first kappa shape index (κ1) is 14.3. The summed E-state index contributed by atoms with van der Waals surface area (Å²) in [6.45, 7) is 5.85. The number of nitrogens with zero attached hydrogens (tertiary/aromatic N) is 1. The summed E-state index contributed by atoms with van der Waals surface area (Å²) >= 11 is 0. The number of rotatable bonds is 4. The van der Waals surface area contributed by atoms with E-state index in [9.17, 15) is 0 Å². The van der Waals surface area contributed by atoms with Gasteiger partial charge in [-0.2, -0.15) is 0 Å². The molecule has 5 nitrogen and oxygen atoms in total. The summed E-state index contributed by atoms with van der Waals surface area (Å²) in [5.41, 5.74) is 1.27. The summed E-state index contributed by atoms with van der Waals surface area (Å²) in [5.74, 6) is 1.71. The minimum Gasteiger partial charge on any atom is -0.454 e. The standard InChI is InChI=1S/C17H23NO4/c1-2-19-15-6-4-13-17(15)20-8-7-18(13)10-12-3-5-14-16(9-12)22-11-21-14/h3,5,9,13,15,17H,2,4,6-8,10-11H2,1H3/t13-,15+,17+/m0/s1. The lowest BCUT2D eigenvalue weighted by Crippen LogP contribution is -2.51. The third kappa shape index (κ3) is 2.57. The number of fused-ring (bicyclic) bond motifs is 2. The molecule has 1 saturated heterocycles. The summed E-state index contributed by atoms with van der Waals surface area (Å²) in [6.07, 6.45) is 2.73. The van der Waals surface area contributed by atoms with Crippen LogP contribution in [0.1, 0.15) is 25.3 Å². The lowest BCUT2D eigenvalue weighted by atomic mass is 10.1. The van der Waals surface area contributed by atoms with E-state index >= 15 is 0 Å². The van der Waals surface area contributed by atoms with Crippen molar-refractivity contribution >= 4 is 0 Å². The van der Waals surface area contributed by atoms with Gasteiger partial charge in [-0.3, -0.25) is 4.90 Å². The highest BCUT2D eigenvalue weighted by Crippen LogP contribution is 2.35. The Kier molecular flexibility index (Phi) is 3.94. The highest BCUT2D eigenvalue weighted by Gasteiger charge is 2.43. The van der Waals surface area contributed by atoms with Crippen LogP contribution in [0.5, 0.6) is 11.5 Å². The van der Waals surface area contributed by atoms with E-state index in [1.165, 1.54) is 5.56 Å². The van der Waals surface area contributed by atoms with Crippen LogP contribution in [0, 0.1) is 0 Å². The van der Waals surface area contributed by atoms with Gasteiger partial charge in [-0.1, -0.05) is 6.07 Å². The normalized spacial score (nSPS) is 30.5. The Morgan fingerprint density at radius 3 is 3.05 bits per heavy atom. The van der Waals surface area contributed by atoms with Crippen LogP contribution in [0.3, 0.4) is 0 Å². The quantitative estimate of drug-likeness (QED) is 0.853. The molecule has 0 amide bonds. The van der Waals surface area contributed by atoms with Crippen LogP contribution in [0.4, 0.5) is 0 Å². The zero-order chi connectivity index (χ0) is 14.9. The van der Waals surface area contributed by atoms with Crippen LogP contribution in [-0.4, -0.2) is 49.7 Å². The molecule has 5 heteroatoms. The van der Waals surface area contributed by atoms with Crippen molar-refractivity contribution in [1.82, 2.24) is 4.90 Å². The van der Waals surface area contributed by atoms with E-state index in [0.717, 1.165) is 50.6 Å². The van der Waals surface area contributed by atoms with E-state index in [0.29, 0.717) is 12.8 Å². The Morgan fingerprint density at radius 1 is 1.23 bits per heavy atom. The van der Waals surface area contributed by atoms with Crippen molar-refractivity contribution in [3.8, 4) is 11.5 Å². The maximum Gasteiger partial charge on any atom is 0.231 e. The number of hydrogen-bond acceptors (Lipinski definition) is 5. The van der Waals surface area contributed by atoms with E-state index in [1.807, 2.05) is 6.07 Å². The van der Waals surface area contributed by atoms with Crippen LogP contribution in [-0.2, 0) is 16.0 Å². The highest BCUT2D eigenvalue weighted by atomic mass is 16.7. The second-order valence-electron chi connectivity index (χ2n) is 6.13. The van der Waals surface area contributed by atoms with Gasteiger partial charge in [-0.15, -0.1) is 0 Å². The van der Waals surface area contributed by atoms with Gasteiger partial charge in [0, 0.05) is 25.7 Å². The Bertz CT molecular complexity index is 535. The lowest BCUT2D eigenvalue weighted by molar-refractivity contribution is -0.113. The largest absolute Gasteiger partial charge is 0.454 e. The number of benzene rings is 1. The van der Waals surface area contributed by atoms with Crippen LogP contribution in [0.25, 0.3) is 0 Å². The first-order valence-electron chi connectivity index (χ1n) is 8.21. The van der Waals surface area contributed by atoms with Crippen molar-refractivity contribution < 1.29 is 18.9 Å². The fraction of sp³-hybridized carbons (Fsp3) is 0.647. The van der Waals surface area contributed by atoms with Crippen molar-refractivity contribution in [1.29, 1.82) is 0 Å². The Hall–Kier alpha value is -1.30. The minimum atomic E-state index is 0.225. The molecular formula is C17H23NO4. The summed E-state index contributed by atoms with van der Waals surface area (Å²) in [7, 11) is 0. The minimum absolute atomic E-state index is 0.225. The third-order valence-corrected chi connectivity index (χ3v) is 4.85. The summed E-state index contributed by atoms with van der Waals surface area (Å²) in [5, 5.41) is 0. The fourth-order valence-corrected chi connectivity index (χ4v) is 3.85. The molecule has 0 unspecified atom stereocenters. The number of ether oxygens (including phenoxy) is 4. The Labute approximate surface area is 131 Å². The van der Waals surface area contributed by atoms with E-state index in [2.05, 4.69) is 24.0 Å². The van der Waals surface area contributed by atoms with Crippen molar-refractivity contribution in [2.45, 2.75) is 44.6 Å². The van der Waals surface area contributed by atoms with Gasteiger partial charge in [0.1, 0.15) is 0 Å². The van der Waals surface area contributed by atoms with Crippen LogP contribution in [0.2, 0.25) is 0 Å². The van der Waals surface area contributed by atoms with Gasteiger partial charge in [0.15, 0.2) is 11.5 Å². The lowest BCUT2D eigenvalue weighted by Gasteiger charge is -2.39. The maximum absolute atomic E-state index is 6.00. The second kappa shape index (κ2) is 6.07. The first-order chi connectivity index (χ1) is 10.8. The molecule has 0 aromatic heterocycles. The van der Waals surface area contributed by atoms with E-state index in [4.69, 9.17) is 18.9 Å². The molecule has 4 rings (SSSR count). The fourth-order valence-electron chi connectivity index (χ4n) is 3.85. The van der Waals surface area contributed by atoms with E-state index < -0.39 is 0 Å². The number of morpholine rings is 1. The number of hydrogen-bond donors (Lipinski definition) is 0. The topological polar surface area (TPSA) is 40.2 Å². The average Bonchev–Trinajstić information content (AvgIpc) is 3.15. The van der Waals surface area contributed by atoms with Crippen LogP contribution >= 0.6 is 0 Å². The van der Waals surface area contributed by atoms with Crippen molar-refractivity contribution in [2.24, 2.45) is 0 Å². The van der Waals surface area contributed by atoms with Crippen LogP contribution in [0.15, 0.2) is 18.2 Å². The predicted molar refractivity (Wildman–Crippen MR) is 81.2 cm³/mol. The Balaban J connectivity index is 1.46. The summed E-state index contributed by atoms with van der Waals surface area (Å²) in [6, 6.07) is 6.71. The molecule has 0 bridgehead atoms. The maximum atomic E-state index is 6.00. The molecule has 1 aliphatic carbocycles. The predicted octanol–water partition coefficient (Wildman–Crippen LogP) is 2.18. The highest BCUT2D eigenvalue weighted by molar-refractivity contribution is 5.44. The molecule has 0 radical (unpaired) electrons.